The third-order valence-corrected chi connectivity index (χ3v) is 3.90. The number of guanidine groups is 1. The van der Waals surface area contributed by atoms with Crippen molar-refractivity contribution in [2.24, 2.45) is 10.9 Å². The number of rotatable bonds is 6. The number of esters is 1. The minimum absolute atomic E-state index is 0.0449. The second-order valence-electron chi connectivity index (χ2n) is 4.74. The molecule has 1 fully saturated rings. The van der Waals surface area contributed by atoms with Crippen molar-refractivity contribution in [2.45, 2.75) is 26.7 Å². The Bertz CT molecular complexity index is 316. The van der Waals surface area contributed by atoms with E-state index in [-0.39, 0.29) is 11.9 Å². The first kappa shape index (κ1) is 17.1. The molecule has 0 atom stereocenters. The SMILES string of the molecule is CCNC(=NCCSC)N1CCC(C(=O)OCC)CC1. The van der Waals surface area contributed by atoms with E-state index in [0.717, 1.165) is 50.7 Å². The summed E-state index contributed by atoms with van der Waals surface area (Å²) in [6.45, 7) is 7.85. The normalized spacial score (nSPS) is 17.1. The Balaban J connectivity index is 2.47. The van der Waals surface area contributed by atoms with Gasteiger partial charge in [0, 0.05) is 25.4 Å². The highest BCUT2D eigenvalue weighted by Crippen LogP contribution is 2.18. The number of aliphatic imine (C=N–C) groups is 1. The van der Waals surface area contributed by atoms with Gasteiger partial charge in [-0.1, -0.05) is 0 Å². The van der Waals surface area contributed by atoms with Gasteiger partial charge in [0.25, 0.3) is 0 Å². The highest BCUT2D eigenvalue weighted by atomic mass is 32.2. The second-order valence-corrected chi connectivity index (χ2v) is 5.73. The van der Waals surface area contributed by atoms with E-state index in [0.29, 0.717) is 6.61 Å². The zero-order chi connectivity index (χ0) is 14.8. The van der Waals surface area contributed by atoms with Gasteiger partial charge < -0.3 is 15.0 Å². The molecular formula is C14H27N3O2S. The molecule has 0 radical (unpaired) electrons. The largest absolute Gasteiger partial charge is 0.466 e. The van der Waals surface area contributed by atoms with Crippen molar-refractivity contribution in [3.05, 3.63) is 0 Å². The summed E-state index contributed by atoms with van der Waals surface area (Å²) in [5.74, 6) is 2.02. The Morgan fingerprint density at radius 1 is 1.40 bits per heavy atom. The highest BCUT2D eigenvalue weighted by molar-refractivity contribution is 7.98. The van der Waals surface area contributed by atoms with E-state index in [2.05, 4.69) is 28.4 Å². The van der Waals surface area contributed by atoms with Gasteiger partial charge >= 0.3 is 5.97 Å². The average Bonchev–Trinajstić information content (AvgIpc) is 2.47. The van der Waals surface area contributed by atoms with Crippen LogP contribution < -0.4 is 5.32 Å². The Labute approximate surface area is 126 Å². The number of hydrogen-bond donors (Lipinski definition) is 1. The molecule has 1 aliphatic rings. The molecule has 1 saturated heterocycles. The number of carbonyl (C=O) groups excluding carboxylic acids is 1. The van der Waals surface area contributed by atoms with Crippen LogP contribution in [0.3, 0.4) is 0 Å². The molecule has 1 rings (SSSR count). The van der Waals surface area contributed by atoms with Crippen molar-refractivity contribution in [3.63, 3.8) is 0 Å². The van der Waals surface area contributed by atoms with E-state index < -0.39 is 0 Å². The Hall–Kier alpha value is -0.910. The fraction of sp³-hybridized carbons (Fsp3) is 0.857. The zero-order valence-corrected chi connectivity index (χ0v) is 13.7. The van der Waals surface area contributed by atoms with Crippen molar-refractivity contribution in [3.8, 4) is 0 Å². The third kappa shape index (κ3) is 5.61. The van der Waals surface area contributed by atoms with Crippen LogP contribution in [0.5, 0.6) is 0 Å². The summed E-state index contributed by atoms with van der Waals surface area (Å²) < 4.78 is 5.10. The minimum atomic E-state index is -0.0449. The smallest absolute Gasteiger partial charge is 0.309 e. The lowest BCUT2D eigenvalue weighted by Crippen LogP contribution is -2.46. The van der Waals surface area contributed by atoms with Crippen LogP contribution >= 0.6 is 11.8 Å². The molecule has 116 valence electrons. The fourth-order valence-corrected chi connectivity index (χ4v) is 2.53. The van der Waals surface area contributed by atoms with Crippen molar-refractivity contribution >= 4 is 23.7 Å². The molecule has 0 aromatic rings. The quantitative estimate of drug-likeness (QED) is 0.349. The summed E-state index contributed by atoms with van der Waals surface area (Å²) in [5, 5.41) is 3.33. The lowest BCUT2D eigenvalue weighted by atomic mass is 9.97. The third-order valence-electron chi connectivity index (χ3n) is 3.31. The Morgan fingerprint density at radius 3 is 2.65 bits per heavy atom. The summed E-state index contributed by atoms with van der Waals surface area (Å²) in [5.41, 5.74) is 0. The van der Waals surface area contributed by atoms with Crippen LogP contribution in [-0.2, 0) is 9.53 Å². The molecule has 0 unspecified atom stereocenters. The molecule has 20 heavy (non-hydrogen) atoms. The van der Waals surface area contributed by atoms with Gasteiger partial charge in [0.1, 0.15) is 0 Å². The van der Waals surface area contributed by atoms with E-state index >= 15 is 0 Å². The van der Waals surface area contributed by atoms with E-state index in [4.69, 9.17) is 4.74 Å². The van der Waals surface area contributed by atoms with E-state index in [1.54, 1.807) is 11.8 Å². The summed E-state index contributed by atoms with van der Waals surface area (Å²) in [7, 11) is 0. The molecule has 0 amide bonds. The van der Waals surface area contributed by atoms with Gasteiger partial charge in [-0.05, 0) is 32.9 Å². The van der Waals surface area contributed by atoms with Gasteiger partial charge in [-0.25, -0.2) is 0 Å². The Kier molecular flexibility index (Phi) is 8.49. The lowest BCUT2D eigenvalue weighted by Gasteiger charge is -2.33. The number of thioether (sulfide) groups is 1. The van der Waals surface area contributed by atoms with Crippen LogP contribution in [0, 0.1) is 5.92 Å². The van der Waals surface area contributed by atoms with Gasteiger partial charge in [0.15, 0.2) is 5.96 Å². The molecule has 0 spiro atoms. The molecule has 0 aliphatic carbocycles. The summed E-state index contributed by atoms with van der Waals surface area (Å²) >= 11 is 1.80. The Morgan fingerprint density at radius 2 is 2.10 bits per heavy atom. The summed E-state index contributed by atoms with van der Waals surface area (Å²) in [4.78, 5) is 18.6. The second kappa shape index (κ2) is 9.91. The topological polar surface area (TPSA) is 53.9 Å². The molecule has 1 aliphatic heterocycles. The number of nitrogens with one attached hydrogen (secondary N) is 1. The molecule has 0 aromatic carbocycles. The maximum absolute atomic E-state index is 11.7. The predicted octanol–water partition coefficient (Wildman–Crippen LogP) is 1.59. The molecule has 0 saturated carbocycles. The first-order chi connectivity index (χ1) is 9.72. The summed E-state index contributed by atoms with van der Waals surface area (Å²) in [6, 6.07) is 0. The molecule has 6 heteroatoms. The molecule has 1 N–H and O–H groups in total. The monoisotopic (exact) mass is 301 g/mol. The molecule has 0 aromatic heterocycles. The number of likely N-dealkylation sites (tertiary alicyclic amines) is 1. The van der Waals surface area contributed by atoms with Crippen LogP contribution in [0.1, 0.15) is 26.7 Å². The van der Waals surface area contributed by atoms with Crippen LogP contribution in [0.15, 0.2) is 4.99 Å². The number of ether oxygens (including phenoxy) is 1. The fourth-order valence-electron chi connectivity index (χ4n) is 2.26. The van der Waals surface area contributed by atoms with Gasteiger partial charge in [-0.2, -0.15) is 11.8 Å². The van der Waals surface area contributed by atoms with Crippen molar-refractivity contribution in [1.82, 2.24) is 10.2 Å². The van der Waals surface area contributed by atoms with Gasteiger partial charge in [-0.3, -0.25) is 9.79 Å². The molecular weight excluding hydrogens is 274 g/mol. The van der Waals surface area contributed by atoms with E-state index in [9.17, 15) is 4.79 Å². The minimum Gasteiger partial charge on any atom is -0.466 e. The van der Waals surface area contributed by atoms with Crippen molar-refractivity contribution in [1.29, 1.82) is 0 Å². The van der Waals surface area contributed by atoms with Crippen LogP contribution in [0.2, 0.25) is 0 Å². The van der Waals surface area contributed by atoms with Gasteiger partial charge in [0.05, 0.1) is 19.1 Å². The zero-order valence-electron chi connectivity index (χ0n) is 12.9. The molecule has 0 bridgehead atoms. The van der Waals surface area contributed by atoms with Crippen LogP contribution in [0.25, 0.3) is 0 Å². The van der Waals surface area contributed by atoms with E-state index in [1.165, 1.54) is 0 Å². The first-order valence-electron chi connectivity index (χ1n) is 7.41. The van der Waals surface area contributed by atoms with Gasteiger partial charge in [0.2, 0.25) is 0 Å². The molecule has 5 nitrogen and oxygen atoms in total. The maximum atomic E-state index is 11.7. The van der Waals surface area contributed by atoms with Gasteiger partial charge in [-0.15, -0.1) is 0 Å². The van der Waals surface area contributed by atoms with Crippen LogP contribution in [0.4, 0.5) is 0 Å². The number of carbonyl (C=O) groups is 1. The first-order valence-corrected chi connectivity index (χ1v) is 8.81. The maximum Gasteiger partial charge on any atom is 0.309 e. The standard InChI is InChI=1S/C14H27N3O2S/c1-4-15-14(16-8-11-20-3)17-9-6-12(7-10-17)13(18)19-5-2/h12H,4-11H2,1-3H3,(H,15,16). The number of piperidine rings is 1. The van der Waals surface area contributed by atoms with Crippen LogP contribution in [-0.4, -0.2) is 61.6 Å². The number of hydrogen-bond acceptors (Lipinski definition) is 4. The highest BCUT2D eigenvalue weighted by Gasteiger charge is 2.27. The predicted molar refractivity (Wildman–Crippen MR) is 85.3 cm³/mol. The molecule has 1 heterocycles. The number of nitrogens with zero attached hydrogens (tertiary/aromatic N) is 2. The average molecular weight is 301 g/mol. The van der Waals surface area contributed by atoms with Crippen molar-refractivity contribution < 1.29 is 9.53 Å². The van der Waals surface area contributed by atoms with Crippen molar-refractivity contribution in [2.75, 3.05) is 44.8 Å². The lowest BCUT2D eigenvalue weighted by molar-refractivity contribution is -0.149. The summed E-state index contributed by atoms with van der Waals surface area (Å²) in [6.07, 6.45) is 3.80. The van der Waals surface area contributed by atoms with E-state index in [1.807, 2.05) is 6.92 Å².